The molecule has 0 spiro atoms. The van der Waals surface area contributed by atoms with E-state index in [2.05, 4.69) is 5.32 Å². The maximum absolute atomic E-state index is 12.1. The molecule has 5 unspecified atom stereocenters. The van der Waals surface area contributed by atoms with Gasteiger partial charge in [0.2, 0.25) is 5.91 Å². The van der Waals surface area contributed by atoms with E-state index in [9.17, 15) is 4.79 Å². The summed E-state index contributed by atoms with van der Waals surface area (Å²) < 4.78 is 0. The van der Waals surface area contributed by atoms with Crippen molar-refractivity contribution in [2.24, 2.45) is 29.4 Å². The molecule has 2 bridgehead atoms. The third-order valence-corrected chi connectivity index (χ3v) is 4.53. The zero-order chi connectivity index (χ0) is 12.4. The molecule has 4 nitrogen and oxygen atoms in total. The Hall–Kier alpha value is -0.610. The molecule has 0 radical (unpaired) electrons. The first-order chi connectivity index (χ1) is 8.13. The first-order valence-corrected chi connectivity index (χ1v) is 6.77. The number of amides is 1. The lowest BCUT2D eigenvalue weighted by Gasteiger charge is -2.27. The lowest BCUT2D eigenvalue weighted by Crippen LogP contribution is -2.46. The molecule has 0 aromatic rings. The highest BCUT2D eigenvalue weighted by atomic mass is 16.3. The smallest absolute Gasteiger partial charge is 0.224 e. The highest BCUT2D eigenvalue weighted by molar-refractivity contribution is 5.80. The van der Waals surface area contributed by atoms with Crippen LogP contribution in [-0.4, -0.2) is 30.2 Å². The van der Waals surface area contributed by atoms with Crippen molar-refractivity contribution in [1.29, 1.82) is 0 Å². The van der Waals surface area contributed by atoms with Gasteiger partial charge in [0.25, 0.3) is 0 Å². The van der Waals surface area contributed by atoms with E-state index in [0.29, 0.717) is 24.3 Å². The number of rotatable bonds is 5. The van der Waals surface area contributed by atoms with Gasteiger partial charge in [-0.1, -0.05) is 6.92 Å². The van der Waals surface area contributed by atoms with Gasteiger partial charge in [0, 0.05) is 19.2 Å². The Bertz CT molecular complexity index is 281. The zero-order valence-electron chi connectivity index (χ0n) is 10.6. The number of hydrogen-bond donors (Lipinski definition) is 3. The van der Waals surface area contributed by atoms with Crippen molar-refractivity contribution in [1.82, 2.24) is 5.32 Å². The van der Waals surface area contributed by atoms with Crippen LogP contribution in [0.15, 0.2) is 0 Å². The fourth-order valence-electron chi connectivity index (χ4n) is 3.44. The minimum Gasteiger partial charge on any atom is -0.396 e. The van der Waals surface area contributed by atoms with Gasteiger partial charge in [-0.3, -0.25) is 4.79 Å². The SMILES string of the molecule is CC(CCO)CNC(=O)C1C2CCC(C2)C1N. The molecule has 4 N–H and O–H groups in total. The van der Waals surface area contributed by atoms with Gasteiger partial charge in [0.1, 0.15) is 0 Å². The van der Waals surface area contributed by atoms with Crippen LogP contribution in [0.25, 0.3) is 0 Å². The van der Waals surface area contributed by atoms with Gasteiger partial charge in [-0.05, 0) is 43.4 Å². The fourth-order valence-corrected chi connectivity index (χ4v) is 3.44. The number of fused-ring (bicyclic) bond motifs is 2. The number of aliphatic hydroxyl groups is 1. The standard InChI is InChI=1S/C13H24N2O2/c1-8(4-5-16)7-15-13(17)11-9-2-3-10(6-9)12(11)14/h8-12,16H,2-7,14H2,1H3,(H,15,17). The van der Waals surface area contributed by atoms with E-state index in [-0.39, 0.29) is 24.5 Å². The highest BCUT2D eigenvalue weighted by Crippen LogP contribution is 2.47. The molecule has 2 fully saturated rings. The van der Waals surface area contributed by atoms with E-state index in [1.165, 1.54) is 12.8 Å². The molecule has 2 aliphatic rings. The summed E-state index contributed by atoms with van der Waals surface area (Å²) in [5, 5.41) is 11.8. The predicted molar refractivity (Wildman–Crippen MR) is 66.2 cm³/mol. The maximum Gasteiger partial charge on any atom is 0.224 e. The van der Waals surface area contributed by atoms with Crippen LogP contribution in [0.3, 0.4) is 0 Å². The monoisotopic (exact) mass is 240 g/mol. The van der Waals surface area contributed by atoms with Gasteiger partial charge >= 0.3 is 0 Å². The predicted octanol–water partition coefficient (Wildman–Crippen LogP) is 0.494. The summed E-state index contributed by atoms with van der Waals surface area (Å²) in [4.78, 5) is 12.1. The number of hydrogen-bond acceptors (Lipinski definition) is 3. The molecular formula is C13H24N2O2. The van der Waals surface area contributed by atoms with Gasteiger partial charge in [-0.2, -0.15) is 0 Å². The molecule has 2 saturated carbocycles. The summed E-state index contributed by atoms with van der Waals surface area (Å²) in [6, 6.07) is 0.0712. The van der Waals surface area contributed by atoms with Crippen molar-refractivity contribution in [2.75, 3.05) is 13.2 Å². The van der Waals surface area contributed by atoms with Gasteiger partial charge in [0.05, 0.1) is 5.92 Å². The number of aliphatic hydroxyl groups excluding tert-OH is 1. The topological polar surface area (TPSA) is 75.3 Å². The Labute approximate surface area is 103 Å². The lowest BCUT2D eigenvalue weighted by atomic mass is 9.84. The van der Waals surface area contributed by atoms with Crippen LogP contribution in [-0.2, 0) is 4.79 Å². The fraction of sp³-hybridized carbons (Fsp3) is 0.923. The average molecular weight is 240 g/mol. The van der Waals surface area contributed by atoms with Crippen molar-refractivity contribution in [3.05, 3.63) is 0 Å². The first-order valence-electron chi connectivity index (χ1n) is 6.77. The van der Waals surface area contributed by atoms with Crippen molar-refractivity contribution in [3.8, 4) is 0 Å². The van der Waals surface area contributed by atoms with E-state index in [1.54, 1.807) is 0 Å². The second kappa shape index (κ2) is 5.36. The summed E-state index contributed by atoms with van der Waals surface area (Å²) in [6.07, 6.45) is 4.26. The molecular weight excluding hydrogens is 216 g/mol. The molecule has 0 saturated heterocycles. The van der Waals surface area contributed by atoms with Crippen LogP contribution in [0.4, 0.5) is 0 Å². The number of nitrogens with two attached hydrogens (primary N) is 1. The van der Waals surface area contributed by atoms with E-state index in [4.69, 9.17) is 10.8 Å². The number of carbonyl (C=O) groups is 1. The minimum absolute atomic E-state index is 0.0371. The van der Waals surface area contributed by atoms with Crippen LogP contribution in [0.5, 0.6) is 0 Å². The van der Waals surface area contributed by atoms with Gasteiger partial charge in [-0.15, -0.1) is 0 Å². The largest absolute Gasteiger partial charge is 0.396 e. The lowest BCUT2D eigenvalue weighted by molar-refractivity contribution is -0.127. The third-order valence-electron chi connectivity index (χ3n) is 4.53. The molecule has 98 valence electrons. The Morgan fingerprint density at radius 1 is 1.47 bits per heavy atom. The summed E-state index contributed by atoms with van der Waals surface area (Å²) in [6.45, 7) is 2.88. The molecule has 0 aliphatic heterocycles. The molecule has 0 aromatic carbocycles. The molecule has 5 atom stereocenters. The van der Waals surface area contributed by atoms with E-state index in [0.717, 1.165) is 12.8 Å². The van der Waals surface area contributed by atoms with E-state index < -0.39 is 0 Å². The molecule has 2 rings (SSSR count). The van der Waals surface area contributed by atoms with Crippen LogP contribution in [0, 0.1) is 23.7 Å². The molecule has 17 heavy (non-hydrogen) atoms. The molecule has 0 heterocycles. The van der Waals surface area contributed by atoms with Crippen molar-refractivity contribution in [3.63, 3.8) is 0 Å². The van der Waals surface area contributed by atoms with Gasteiger partial charge < -0.3 is 16.2 Å². The summed E-state index contributed by atoms with van der Waals surface area (Å²) in [5.74, 6) is 1.59. The van der Waals surface area contributed by atoms with Crippen LogP contribution >= 0.6 is 0 Å². The Morgan fingerprint density at radius 3 is 2.76 bits per heavy atom. The van der Waals surface area contributed by atoms with Crippen molar-refractivity contribution < 1.29 is 9.90 Å². The van der Waals surface area contributed by atoms with Crippen LogP contribution in [0.2, 0.25) is 0 Å². The second-order valence-electron chi connectivity index (χ2n) is 5.80. The molecule has 0 aromatic heterocycles. The van der Waals surface area contributed by atoms with Crippen molar-refractivity contribution in [2.45, 2.75) is 38.6 Å². The summed E-state index contributed by atoms with van der Waals surface area (Å²) in [7, 11) is 0. The van der Waals surface area contributed by atoms with Crippen LogP contribution in [0.1, 0.15) is 32.6 Å². The van der Waals surface area contributed by atoms with Crippen LogP contribution < -0.4 is 11.1 Å². The molecule has 1 amide bonds. The number of carbonyl (C=O) groups excluding carboxylic acids is 1. The second-order valence-corrected chi connectivity index (χ2v) is 5.80. The quantitative estimate of drug-likeness (QED) is 0.655. The minimum atomic E-state index is 0.0371. The Morgan fingerprint density at radius 2 is 2.18 bits per heavy atom. The van der Waals surface area contributed by atoms with E-state index in [1.807, 2.05) is 6.92 Å². The van der Waals surface area contributed by atoms with Crippen molar-refractivity contribution >= 4 is 5.91 Å². The highest BCUT2D eigenvalue weighted by Gasteiger charge is 2.48. The average Bonchev–Trinajstić information content (AvgIpc) is 2.86. The summed E-state index contributed by atoms with van der Waals surface area (Å²) >= 11 is 0. The molecule has 2 aliphatic carbocycles. The van der Waals surface area contributed by atoms with E-state index >= 15 is 0 Å². The summed E-state index contributed by atoms with van der Waals surface area (Å²) in [5.41, 5.74) is 6.13. The third kappa shape index (κ3) is 2.63. The Kier molecular flexibility index (Phi) is 4.05. The Balaban J connectivity index is 1.80. The van der Waals surface area contributed by atoms with Gasteiger partial charge in [0.15, 0.2) is 0 Å². The zero-order valence-corrected chi connectivity index (χ0v) is 10.6. The maximum atomic E-state index is 12.1. The number of nitrogens with one attached hydrogen (secondary N) is 1. The first kappa shape index (κ1) is 12.8. The van der Waals surface area contributed by atoms with Gasteiger partial charge in [-0.25, -0.2) is 0 Å². The normalized spacial score (nSPS) is 37.1. The molecule has 4 heteroatoms.